The summed E-state index contributed by atoms with van der Waals surface area (Å²) in [6, 6.07) is 3.12. The molecule has 1 amide bonds. The summed E-state index contributed by atoms with van der Waals surface area (Å²) >= 11 is 5.57. The number of ether oxygens (including phenoxy) is 1. The van der Waals surface area contributed by atoms with Gasteiger partial charge in [0.1, 0.15) is 11.9 Å². The van der Waals surface area contributed by atoms with Gasteiger partial charge in [-0.25, -0.2) is 4.39 Å². The van der Waals surface area contributed by atoms with Crippen molar-refractivity contribution in [1.29, 1.82) is 0 Å². The van der Waals surface area contributed by atoms with E-state index in [0.29, 0.717) is 0 Å². The van der Waals surface area contributed by atoms with E-state index < -0.39 is 17.8 Å². The van der Waals surface area contributed by atoms with Crippen molar-refractivity contribution in [2.45, 2.75) is 6.04 Å². The van der Waals surface area contributed by atoms with Gasteiger partial charge in [0.25, 0.3) is 0 Å². The molecule has 1 unspecified atom stereocenters. The number of anilines is 1. The third kappa shape index (κ3) is 3.44. The van der Waals surface area contributed by atoms with E-state index in [-0.39, 0.29) is 17.3 Å². The number of hydrogen-bond donors (Lipinski definition) is 2. The summed E-state index contributed by atoms with van der Waals surface area (Å²) in [5, 5.41) is 2.61. The number of rotatable bonds is 4. The van der Waals surface area contributed by atoms with Crippen LogP contribution in [0.4, 0.5) is 10.1 Å². The molecule has 0 saturated carbocycles. The number of amides is 1. The largest absolute Gasteiger partial charge is 0.383 e. The molecular weight excluding hydrogens is 235 g/mol. The summed E-state index contributed by atoms with van der Waals surface area (Å²) in [6.45, 7) is 0.0705. The van der Waals surface area contributed by atoms with Gasteiger partial charge in [0.2, 0.25) is 5.91 Å². The highest BCUT2D eigenvalue weighted by Crippen LogP contribution is 2.18. The predicted molar refractivity (Wildman–Crippen MR) is 59.9 cm³/mol. The summed E-state index contributed by atoms with van der Waals surface area (Å²) in [6.07, 6.45) is 0. The summed E-state index contributed by atoms with van der Waals surface area (Å²) < 4.78 is 18.0. The summed E-state index contributed by atoms with van der Waals surface area (Å²) in [5.41, 5.74) is 5.51. The first-order chi connectivity index (χ1) is 7.54. The predicted octanol–water partition coefficient (Wildman–Crippen LogP) is 1.39. The molecule has 1 aromatic rings. The Kier molecular flexibility index (Phi) is 4.67. The minimum atomic E-state index is -0.833. The molecule has 0 fully saturated rings. The molecule has 0 aliphatic rings. The Balaban J connectivity index is 2.69. The maximum Gasteiger partial charge on any atom is 0.243 e. The SMILES string of the molecule is COCC(N)C(=O)Nc1ccc(Cl)cc1F. The molecule has 0 heterocycles. The fraction of sp³-hybridized carbons (Fsp3) is 0.300. The number of nitrogens with one attached hydrogen (secondary N) is 1. The topological polar surface area (TPSA) is 64.3 Å². The van der Waals surface area contributed by atoms with Crippen molar-refractivity contribution >= 4 is 23.2 Å². The first kappa shape index (κ1) is 12.9. The van der Waals surface area contributed by atoms with Crippen LogP contribution >= 0.6 is 11.6 Å². The third-order valence-corrected chi connectivity index (χ3v) is 2.11. The van der Waals surface area contributed by atoms with Crippen LogP contribution in [0, 0.1) is 5.82 Å². The summed E-state index contributed by atoms with van der Waals surface area (Å²) in [5.74, 6) is -1.12. The maximum absolute atomic E-state index is 13.3. The number of halogens is 2. The van der Waals surface area contributed by atoms with E-state index in [1.807, 2.05) is 0 Å². The van der Waals surface area contributed by atoms with E-state index in [2.05, 4.69) is 5.32 Å². The molecule has 6 heteroatoms. The number of carbonyl (C=O) groups excluding carboxylic acids is 1. The fourth-order valence-corrected chi connectivity index (χ4v) is 1.23. The molecule has 88 valence electrons. The zero-order valence-electron chi connectivity index (χ0n) is 8.67. The lowest BCUT2D eigenvalue weighted by molar-refractivity contribution is -0.118. The zero-order valence-corrected chi connectivity index (χ0v) is 9.42. The van der Waals surface area contributed by atoms with E-state index >= 15 is 0 Å². The Bertz CT molecular complexity index is 387. The lowest BCUT2D eigenvalue weighted by Crippen LogP contribution is -2.39. The monoisotopic (exact) mass is 246 g/mol. The first-order valence-corrected chi connectivity index (χ1v) is 4.93. The van der Waals surface area contributed by atoms with Crippen LogP contribution in [0.1, 0.15) is 0 Å². The molecule has 1 rings (SSSR count). The van der Waals surface area contributed by atoms with Gasteiger partial charge >= 0.3 is 0 Å². The van der Waals surface area contributed by atoms with Crippen LogP contribution in [0.25, 0.3) is 0 Å². The fourth-order valence-electron chi connectivity index (χ4n) is 1.07. The van der Waals surface area contributed by atoms with Gasteiger partial charge in [-0.3, -0.25) is 4.79 Å². The van der Waals surface area contributed by atoms with Crippen molar-refractivity contribution in [2.24, 2.45) is 5.73 Å². The van der Waals surface area contributed by atoms with Crippen molar-refractivity contribution < 1.29 is 13.9 Å². The standard InChI is InChI=1S/C10H12ClFN2O2/c1-16-5-8(13)10(15)14-9-3-2-6(11)4-7(9)12/h2-4,8H,5,13H2,1H3,(H,14,15). The van der Waals surface area contributed by atoms with E-state index in [0.717, 1.165) is 6.07 Å². The number of nitrogens with two attached hydrogens (primary N) is 1. The molecule has 0 aliphatic carbocycles. The molecule has 0 aliphatic heterocycles. The lowest BCUT2D eigenvalue weighted by Gasteiger charge is -2.11. The highest BCUT2D eigenvalue weighted by molar-refractivity contribution is 6.30. The van der Waals surface area contributed by atoms with E-state index in [9.17, 15) is 9.18 Å². The van der Waals surface area contributed by atoms with Crippen LogP contribution in [0.3, 0.4) is 0 Å². The maximum atomic E-state index is 13.3. The Labute approximate surface area is 97.5 Å². The van der Waals surface area contributed by atoms with Gasteiger partial charge in [-0.1, -0.05) is 11.6 Å². The molecule has 1 atom stereocenters. The van der Waals surface area contributed by atoms with Crippen LogP contribution in [-0.4, -0.2) is 25.7 Å². The number of methoxy groups -OCH3 is 1. The van der Waals surface area contributed by atoms with E-state index in [1.165, 1.54) is 19.2 Å². The van der Waals surface area contributed by atoms with Crippen LogP contribution in [0.5, 0.6) is 0 Å². The van der Waals surface area contributed by atoms with Crippen molar-refractivity contribution in [2.75, 3.05) is 19.0 Å². The molecule has 0 radical (unpaired) electrons. The molecule has 0 bridgehead atoms. The van der Waals surface area contributed by atoms with Gasteiger partial charge in [0.05, 0.1) is 12.3 Å². The van der Waals surface area contributed by atoms with Crippen molar-refractivity contribution in [3.63, 3.8) is 0 Å². The minimum Gasteiger partial charge on any atom is -0.383 e. The second-order valence-electron chi connectivity index (χ2n) is 3.18. The van der Waals surface area contributed by atoms with Gasteiger partial charge in [0, 0.05) is 12.1 Å². The lowest BCUT2D eigenvalue weighted by atomic mass is 10.2. The molecule has 0 spiro atoms. The van der Waals surface area contributed by atoms with Crippen molar-refractivity contribution in [3.05, 3.63) is 29.0 Å². The van der Waals surface area contributed by atoms with Crippen LogP contribution in [0.2, 0.25) is 5.02 Å². The Hall–Kier alpha value is -1.17. The molecule has 1 aromatic carbocycles. The second kappa shape index (κ2) is 5.79. The van der Waals surface area contributed by atoms with Gasteiger partial charge in [-0.2, -0.15) is 0 Å². The second-order valence-corrected chi connectivity index (χ2v) is 3.61. The smallest absolute Gasteiger partial charge is 0.243 e. The van der Waals surface area contributed by atoms with Crippen LogP contribution in [-0.2, 0) is 9.53 Å². The average Bonchev–Trinajstić information content (AvgIpc) is 2.22. The van der Waals surface area contributed by atoms with Gasteiger partial charge in [-0.15, -0.1) is 0 Å². The van der Waals surface area contributed by atoms with E-state index in [1.54, 1.807) is 0 Å². The first-order valence-electron chi connectivity index (χ1n) is 4.55. The van der Waals surface area contributed by atoms with Gasteiger partial charge < -0.3 is 15.8 Å². The Morgan fingerprint density at radius 3 is 2.94 bits per heavy atom. The molecule has 0 saturated heterocycles. The summed E-state index contributed by atoms with van der Waals surface area (Å²) in [7, 11) is 1.43. The molecule has 16 heavy (non-hydrogen) atoms. The minimum absolute atomic E-state index is 0.0425. The normalized spacial score (nSPS) is 12.2. The number of hydrogen-bond acceptors (Lipinski definition) is 3. The third-order valence-electron chi connectivity index (χ3n) is 1.87. The highest BCUT2D eigenvalue weighted by Gasteiger charge is 2.14. The summed E-state index contributed by atoms with van der Waals surface area (Å²) in [4.78, 5) is 11.4. The quantitative estimate of drug-likeness (QED) is 0.844. The Morgan fingerprint density at radius 2 is 2.38 bits per heavy atom. The van der Waals surface area contributed by atoms with Crippen LogP contribution in [0.15, 0.2) is 18.2 Å². The molecular formula is C10H12ClFN2O2. The Morgan fingerprint density at radius 1 is 1.69 bits per heavy atom. The number of carbonyl (C=O) groups is 1. The zero-order chi connectivity index (χ0) is 12.1. The van der Waals surface area contributed by atoms with Crippen LogP contribution < -0.4 is 11.1 Å². The van der Waals surface area contributed by atoms with Crippen molar-refractivity contribution in [1.82, 2.24) is 0 Å². The highest BCUT2D eigenvalue weighted by atomic mass is 35.5. The van der Waals surface area contributed by atoms with E-state index in [4.69, 9.17) is 22.1 Å². The molecule has 3 N–H and O–H groups in total. The van der Waals surface area contributed by atoms with Crippen molar-refractivity contribution in [3.8, 4) is 0 Å². The molecule has 4 nitrogen and oxygen atoms in total. The number of benzene rings is 1. The average molecular weight is 247 g/mol. The van der Waals surface area contributed by atoms with Gasteiger partial charge in [0.15, 0.2) is 0 Å². The molecule has 0 aromatic heterocycles. The van der Waals surface area contributed by atoms with Gasteiger partial charge in [-0.05, 0) is 18.2 Å².